The number of rotatable bonds is 4. The molecule has 182 valence electrons. The van der Waals surface area contributed by atoms with E-state index in [9.17, 15) is 39.9 Å². The number of benzene rings is 1. The van der Waals surface area contributed by atoms with Gasteiger partial charge in [0.25, 0.3) is 5.92 Å². The summed E-state index contributed by atoms with van der Waals surface area (Å²) in [5.74, 6) is -5.63. The minimum Gasteiger partial charge on any atom is -0.447 e. The first kappa shape index (κ1) is 23.7. The van der Waals surface area contributed by atoms with Gasteiger partial charge in [-0.1, -0.05) is 23.4 Å². The fourth-order valence-electron chi connectivity index (χ4n) is 3.58. The van der Waals surface area contributed by atoms with Gasteiger partial charge in [0.05, 0.1) is 11.1 Å². The first-order valence-corrected chi connectivity index (χ1v) is 9.61. The van der Waals surface area contributed by atoms with E-state index < -0.39 is 72.4 Å². The van der Waals surface area contributed by atoms with Crippen LogP contribution in [-0.4, -0.2) is 26.8 Å². The Morgan fingerprint density at radius 1 is 1.12 bits per heavy atom. The molecule has 6 nitrogen and oxygen atoms in total. The average Bonchev–Trinajstić information content (AvgIpc) is 3.36. The van der Waals surface area contributed by atoms with Gasteiger partial charge in [0.2, 0.25) is 0 Å². The highest BCUT2D eigenvalue weighted by Crippen LogP contribution is 2.48. The minimum atomic E-state index is -5.22. The summed E-state index contributed by atoms with van der Waals surface area (Å²) in [6, 6.07) is 7.29. The van der Waals surface area contributed by atoms with Gasteiger partial charge in [0, 0.05) is 18.2 Å². The molecule has 1 atom stereocenters. The zero-order valence-corrected chi connectivity index (χ0v) is 16.8. The Balaban J connectivity index is 1.76. The molecule has 0 saturated carbocycles. The summed E-state index contributed by atoms with van der Waals surface area (Å²) < 4.78 is 119. The van der Waals surface area contributed by atoms with E-state index in [1.165, 1.54) is 30.3 Å². The van der Waals surface area contributed by atoms with Gasteiger partial charge in [0.15, 0.2) is 23.3 Å². The van der Waals surface area contributed by atoms with Gasteiger partial charge in [-0.3, -0.25) is 4.68 Å². The molecule has 0 amide bonds. The third kappa shape index (κ3) is 4.48. The lowest BCUT2D eigenvalue weighted by atomic mass is 9.89. The summed E-state index contributed by atoms with van der Waals surface area (Å²) in [7, 11) is 0. The summed E-state index contributed by atoms with van der Waals surface area (Å²) >= 11 is 0. The molecular formula is C20H13F8N3O3. The summed E-state index contributed by atoms with van der Waals surface area (Å²) in [6.45, 7) is -0.744. The molecule has 0 N–H and O–H groups in total. The van der Waals surface area contributed by atoms with E-state index >= 15 is 0 Å². The van der Waals surface area contributed by atoms with Gasteiger partial charge in [-0.15, -0.1) is 0 Å². The van der Waals surface area contributed by atoms with E-state index in [0.29, 0.717) is 10.7 Å². The van der Waals surface area contributed by atoms with E-state index in [-0.39, 0.29) is 11.3 Å². The van der Waals surface area contributed by atoms with Crippen LogP contribution in [0.2, 0.25) is 0 Å². The second-order valence-electron chi connectivity index (χ2n) is 7.45. The Morgan fingerprint density at radius 3 is 2.38 bits per heavy atom. The highest BCUT2D eigenvalue weighted by Gasteiger charge is 2.54. The molecule has 0 saturated heterocycles. The Labute approximate surface area is 185 Å². The standard InChI is InChI=1S/C20H13F8N3O3/c21-18(22)7-6-12-14(16(18)33-17(32)10-4-2-1-3-5-10)15(20(26,27)28)29-31(12)9-11-8-13(30-34-11)19(23,24)25/h1-5,8,16H,6-7,9H2/t16-/m0/s1. The van der Waals surface area contributed by atoms with Crippen LogP contribution in [0.4, 0.5) is 35.1 Å². The molecule has 1 aromatic carbocycles. The molecule has 0 unspecified atom stereocenters. The van der Waals surface area contributed by atoms with E-state index in [4.69, 9.17) is 4.74 Å². The fraction of sp³-hybridized carbons (Fsp3) is 0.350. The van der Waals surface area contributed by atoms with E-state index in [1.807, 2.05) is 0 Å². The zero-order chi connectivity index (χ0) is 24.9. The van der Waals surface area contributed by atoms with Crippen LogP contribution in [0.5, 0.6) is 0 Å². The Morgan fingerprint density at radius 2 is 1.79 bits per heavy atom. The van der Waals surface area contributed by atoms with Crippen molar-refractivity contribution in [3.63, 3.8) is 0 Å². The molecule has 2 aromatic heterocycles. The molecule has 0 radical (unpaired) electrons. The van der Waals surface area contributed by atoms with Crippen LogP contribution in [0.15, 0.2) is 40.9 Å². The number of aromatic nitrogens is 3. The number of nitrogens with zero attached hydrogens (tertiary/aromatic N) is 3. The van der Waals surface area contributed by atoms with Crippen molar-refractivity contribution in [1.82, 2.24) is 14.9 Å². The van der Waals surface area contributed by atoms with Crippen molar-refractivity contribution in [2.45, 2.75) is 43.8 Å². The van der Waals surface area contributed by atoms with Gasteiger partial charge >= 0.3 is 18.3 Å². The van der Waals surface area contributed by atoms with Crippen molar-refractivity contribution in [3.05, 3.63) is 70.4 Å². The van der Waals surface area contributed by atoms with E-state index in [2.05, 4.69) is 14.8 Å². The van der Waals surface area contributed by atoms with Crippen molar-refractivity contribution in [3.8, 4) is 0 Å². The van der Waals surface area contributed by atoms with Crippen LogP contribution in [-0.2, 0) is 30.1 Å². The number of hydrogen-bond acceptors (Lipinski definition) is 5. The molecule has 14 heteroatoms. The third-order valence-corrected chi connectivity index (χ3v) is 5.10. The maximum Gasteiger partial charge on any atom is 0.436 e. The molecule has 34 heavy (non-hydrogen) atoms. The quantitative estimate of drug-likeness (QED) is 0.356. The summed E-state index contributed by atoms with van der Waals surface area (Å²) in [5, 5.41) is 6.13. The predicted octanol–water partition coefficient (Wildman–Crippen LogP) is 5.44. The number of hydrogen-bond donors (Lipinski definition) is 0. The number of carbonyl (C=O) groups is 1. The van der Waals surface area contributed by atoms with Crippen LogP contribution in [0.25, 0.3) is 0 Å². The average molecular weight is 495 g/mol. The largest absolute Gasteiger partial charge is 0.447 e. The molecular weight excluding hydrogens is 482 g/mol. The van der Waals surface area contributed by atoms with Crippen LogP contribution in [0, 0.1) is 0 Å². The zero-order valence-electron chi connectivity index (χ0n) is 16.8. The van der Waals surface area contributed by atoms with Crippen LogP contribution in [0.3, 0.4) is 0 Å². The van der Waals surface area contributed by atoms with E-state index in [0.717, 1.165) is 0 Å². The predicted molar refractivity (Wildman–Crippen MR) is 95.7 cm³/mol. The number of esters is 1. The molecule has 4 rings (SSSR count). The minimum absolute atomic E-state index is 0.160. The number of halogens is 8. The summed E-state index contributed by atoms with van der Waals surface area (Å²) in [5.41, 5.74) is -4.73. The van der Waals surface area contributed by atoms with Crippen LogP contribution >= 0.6 is 0 Å². The molecule has 1 aliphatic rings. The molecule has 1 aliphatic carbocycles. The maximum absolute atomic E-state index is 14.7. The molecule has 0 spiro atoms. The molecule has 2 heterocycles. The topological polar surface area (TPSA) is 70.2 Å². The number of alkyl halides is 8. The highest BCUT2D eigenvalue weighted by atomic mass is 19.4. The normalized spacial score (nSPS) is 17.9. The smallest absolute Gasteiger partial charge is 0.436 e. The van der Waals surface area contributed by atoms with Crippen molar-refractivity contribution < 1.29 is 49.2 Å². The maximum atomic E-state index is 14.7. The Kier molecular flexibility index (Phi) is 5.64. The van der Waals surface area contributed by atoms with Crippen LogP contribution < -0.4 is 0 Å². The van der Waals surface area contributed by atoms with Crippen molar-refractivity contribution in [1.29, 1.82) is 0 Å². The number of ether oxygens (including phenoxy) is 1. The first-order chi connectivity index (χ1) is 15.8. The van der Waals surface area contributed by atoms with Gasteiger partial charge in [-0.25, -0.2) is 13.6 Å². The molecule has 0 fully saturated rings. The van der Waals surface area contributed by atoms with Gasteiger partial charge in [-0.05, 0) is 18.6 Å². The van der Waals surface area contributed by atoms with Crippen molar-refractivity contribution in [2.75, 3.05) is 0 Å². The monoisotopic (exact) mass is 495 g/mol. The highest BCUT2D eigenvalue weighted by molar-refractivity contribution is 5.89. The number of carbonyl (C=O) groups excluding carboxylic acids is 1. The van der Waals surface area contributed by atoms with Gasteiger partial charge in [-0.2, -0.15) is 31.4 Å². The fourth-order valence-corrected chi connectivity index (χ4v) is 3.58. The van der Waals surface area contributed by atoms with Crippen molar-refractivity contribution >= 4 is 5.97 Å². The molecule has 0 aliphatic heterocycles. The number of fused-ring (bicyclic) bond motifs is 1. The second kappa shape index (κ2) is 8.09. The summed E-state index contributed by atoms with van der Waals surface area (Å²) in [4.78, 5) is 12.4. The van der Waals surface area contributed by atoms with Gasteiger partial charge in [0.1, 0.15) is 6.54 Å². The van der Waals surface area contributed by atoms with E-state index in [1.54, 1.807) is 0 Å². The molecule has 0 bridgehead atoms. The third-order valence-electron chi connectivity index (χ3n) is 5.10. The second-order valence-corrected chi connectivity index (χ2v) is 7.45. The Bertz CT molecular complexity index is 1200. The lowest BCUT2D eigenvalue weighted by Gasteiger charge is -2.32. The molecule has 3 aromatic rings. The van der Waals surface area contributed by atoms with Crippen LogP contribution in [0.1, 0.15) is 51.3 Å². The van der Waals surface area contributed by atoms with Gasteiger partial charge < -0.3 is 9.26 Å². The summed E-state index contributed by atoms with van der Waals surface area (Å²) in [6.07, 6.45) is -14.3. The van der Waals surface area contributed by atoms with Crippen molar-refractivity contribution in [2.24, 2.45) is 0 Å². The Hall–Kier alpha value is -3.45. The SMILES string of the molecule is O=C(O[C@H]1c2c(C(F)(F)F)nn(Cc3cc(C(F)(F)F)no3)c2CCC1(F)F)c1ccccc1. The lowest BCUT2D eigenvalue weighted by molar-refractivity contribution is -0.151. The lowest BCUT2D eigenvalue weighted by Crippen LogP contribution is -2.36. The first-order valence-electron chi connectivity index (χ1n) is 9.61.